The molecule has 15 heavy (non-hydrogen) atoms. The topological polar surface area (TPSA) is 33.1 Å². The fourth-order valence-electron chi connectivity index (χ4n) is 1.12. The van der Waals surface area contributed by atoms with Crippen molar-refractivity contribution in [3.63, 3.8) is 0 Å². The van der Waals surface area contributed by atoms with Gasteiger partial charge in [-0.3, -0.25) is 4.98 Å². The van der Waals surface area contributed by atoms with Crippen LogP contribution in [0.25, 0.3) is 0 Å². The summed E-state index contributed by atoms with van der Waals surface area (Å²) in [6, 6.07) is 2.00. The number of hydrogen-bond donors (Lipinski definition) is 2. The summed E-state index contributed by atoms with van der Waals surface area (Å²) in [6.07, 6.45) is 2.85. The number of aliphatic hydroxyl groups excluding tert-OH is 1. The van der Waals surface area contributed by atoms with Gasteiger partial charge in [-0.05, 0) is 36.5 Å². The molecule has 0 aliphatic rings. The van der Waals surface area contributed by atoms with Gasteiger partial charge in [0.15, 0.2) is 0 Å². The maximum absolute atomic E-state index is 9.03. The molecule has 0 aliphatic carbocycles. The van der Waals surface area contributed by atoms with E-state index in [2.05, 4.69) is 17.6 Å². The first-order chi connectivity index (χ1) is 6.79. The first-order valence-corrected chi connectivity index (χ1v) is 6.20. The molecule has 0 radical (unpaired) electrons. The van der Waals surface area contributed by atoms with Crippen molar-refractivity contribution in [1.29, 1.82) is 0 Å². The van der Waals surface area contributed by atoms with Crippen LogP contribution in [0.15, 0.2) is 17.2 Å². The molecule has 0 aliphatic heterocycles. The SMILES string of the molecule is Cc1c(SCCCS)ccnc1CO.Cl. The number of aromatic nitrogens is 1. The lowest BCUT2D eigenvalue weighted by molar-refractivity contribution is 0.275. The molecule has 1 N–H and O–H groups in total. The van der Waals surface area contributed by atoms with Gasteiger partial charge in [0.1, 0.15) is 0 Å². The van der Waals surface area contributed by atoms with Crippen molar-refractivity contribution in [2.24, 2.45) is 0 Å². The molecule has 0 amide bonds. The third kappa shape index (κ3) is 4.64. The van der Waals surface area contributed by atoms with Crippen LogP contribution in [0.3, 0.4) is 0 Å². The molecular weight excluding hydrogens is 250 g/mol. The van der Waals surface area contributed by atoms with Crippen LogP contribution in [-0.4, -0.2) is 21.6 Å². The molecule has 5 heteroatoms. The number of thiol groups is 1. The lowest BCUT2D eigenvalue weighted by atomic mass is 10.2. The van der Waals surface area contributed by atoms with Gasteiger partial charge in [-0.25, -0.2) is 0 Å². The Morgan fingerprint density at radius 3 is 2.87 bits per heavy atom. The van der Waals surface area contributed by atoms with Crippen LogP contribution in [0.4, 0.5) is 0 Å². The Balaban J connectivity index is 0.00000196. The van der Waals surface area contributed by atoms with E-state index in [-0.39, 0.29) is 19.0 Å². The minimum Gasteiger partial charge on any atom is -0.390 e. The highest BCUT2D eigenvalue weighted by atomic mass is 35.5. The molecule has 1 aromatic heterocycles. The quantitative estimate of drug-likeness (QED) is 0.488. The Labute approximate surface area is 107 Å². The Hall–Kier alpha value is 0.1000. The van der Waals surface area contributed by atoms with Gasteiger partial charge < -0.3 is 5.11 Å². The van der Waals surface area contributed by atoms with Crippen LogP contribution in [0.1, 0.15) is 17.7 Å². The maximum Gasteiger partial charge on any atom is 0.0856 e. The van der Waals surface area contributed by atoms with Gasteiger partial charge in [0.2, 0.25) is 0 Å². The van der Waals surface area contributed by atoms with Gasteiger partial charge in [0, 0.05) is 11.1 Å². The van der Waals surface area contributed by atoms with Crippen molar-refractivity contribution in [1.82, 2.24) is 4.98 Å². The number of pyridine rings is 1. The number of halogens is 1. The van der Waals surface area contributed by atoms with Gasteiger partial charge in [0.05, 0.1) is 12.3 Å². The fraction of sp³-hybridized carbons (Fsp3) is 0.500. The first kappa shape index (κ1) is 15.1. The molecule has 0 atom stereocenters. The molecule has 1 aromatic rings. The Kier molecular flexibility index (Phi) is 8.33. The Morgan fingerprint density at radius 1 is 1.53 bits per heavy atom. The normalized spacial score (nSPS) is 9.80. The summed E-state index contributed by atoms with van der Waals surface area (Å²) in [5.74, 6) is 1.99. The lowest BCUT2D eigenvalue weighted by Gasteiger charge is -2.07. The second-order valence-electron chi connectivity index (χ2n) is 2.96. The minimum atomic E-state index is 0. The summed E-state index contributed by atoms with van der Waals surface area (Å²) in [6.45, 7) is 2.02. The number of aliphatic hydroxyl groups is 1. The molecule has 86 valence electrons. The van der Waals surface area contributed by atoms with Crippen LogP contribution in [0, 0.1) is 6.92 Å². The van der Waals surface area contributed by atoms with Gasteiger partial charge in [-0.1, -0.05) is 0 Å². The summed E-state index contributed by atoms with van der Waals surface area (Å²) in [7, 11) is 0. The zero-order valence-electron chi connectivity index (χ0n) is 8.64. The van der Waals surface area contributed by atoms with E-state index in [1.54, 1.807) is 18.0 Å². The van der Waals surface area contributed by atoms with Crippen molar-refractivity contribution < 1.29 is 5.11 Å². The zero-order valence-corrected chi connectivity index (χ0v) is 11.2. The molecule has 0 aromatic carbocycles. The molecule has 0 spiro atoms. The van der Waals surface area contributed by atoms with E-state index in [1.807, 2.05) is 13.0 Å². The monoisotopic (exact) mass is 265 g/mol. The van der Waals surface area contributed by atoms with E-state index in [9.17, 15) is 0 Å². The van der Waals surface area contributed by atoms with E-state index in [4.69, 9.17) is 5.11 Å². The zero-order chi connectivity index (χ0) is 10.4. The predicted molar refractivity (Wildman–Crippen MR) is 71.3 cm³/mol. The standard InChI is InChI=1S/C10H15NOS2.ClH/c1-8-9(7-12)11-4-3-10(8)14-6-2-5-13;/h3-4,12-13H,2,5-7H2,1H3;1H. The molecule has 2 nitrogen and oxygen atoms in total. The van der Waals surface area contributed by atoms with Crippen molar-refractivity contribution >= 4 is 36.8 Å². The highest BCUT2D eigenvalue weighted by Crippen LogP contribution is 2.24. The summed E-state index contributed by atoms with van der Waals surface area (Å²) < 4.78 is 0. The number of thioether (sulfide) groups is 1. The average Bonchev–Trinajstić information content (AvgIpc) is 2.21. The second kappa shape index (κ2) is 8.28. The van der Waals surface area contributed by atoms with Gasteiger partial charge >= 0.3 is 0 Å². The second-order valence-corrected chi connectivity index (χ2v) is 4.55. The van der Waals surface area contributed by atoms with Crippen molar-refractivity contribution in [3.8, 4) is 0 Å². The summed E-state index contributed by atoms with van der Waals surface area (Å²) in [4.78, 5) is 5.32. The summed E-state index contributed by atoms with van der Waals surface area (Å²) >= 11 is 5.97. The molecule has 1 rings (SSSR count). The number of rotatable bonds is 5. The molecule has 0 saturated carbocycles. The summed E-state index contributed by atoms with van der Waals surface area (Å²) in [5, 5.41) is 9.03. The van der Waals surface area contributed by atoms with Gasteiger partial charge in [-0.15, -0.1) is 24.2 Å². The van der Waals surface area contributed by atoms with Crippen molar-refractivity contribution in [2.45, 2.75) is 24.8 Å². The third-order valence-corrected chi connectivity index (χ3v) is 3.53. The van der Waals surface area contributed by atoms with E-state index in [1.165, 1.54) is 4.90 Å². The average molecular weight is 266 g/mol. The first-order valence-electron chi connectivity index (χ1n) is 4.58. The van der Waals surface area contributed by atoms with Gasteiger partial charge in [0.25, 0.3) is 0 Å². The minimum absolute atomic E-state index is 0. The largest absolute Gasteiger partial charge is 0.390 e. The fourth-order valence-corrected chi connectivity index (χ4v) is 2.49. The van der Waals surface area contributed by atoms with E-state index in [0.29, 0.717) is 0 Å². The highest BCUT2D eigenvalue weighted by molar-refractivity contribution is 7.99. The molecule has 0 fully saturated rings. The molecular formula is C10H16ClNOS2. The van der Waals surface area contributed by atoms with Gasteiger partial charge in [-0.2, -0.15) is 12.6 Å². The van der Waals surface area contributed by atoms with Crippen LogP contribution in [0.2, 0.25) is 0 Å². The Bertz CT molecular complexity index is 297. The lowest BCUT2D eigenvalue weighted by Crippen LogP contribution is -1.95. The van der Waals surface area contributed by atoms with E-state index in [0.717, 1.165) is 29.2 Å². The highest BCUT2D eigenvalue weighted by Gasteiger charge is 2.04. The van der Waals surface area contributed by atoms with E-state index >= 15 is 0 Å². The summed E-state index contributed by atoms with van der Waals surface area (Å²) in [5.41, 5.74) is 1.88. The molecule has 0 saturated heterocycles. The molecule has 0 bridgehead atoms. The number of hydrogen-bond acceptors (Lipinski definition) is 4. The van der Waals surface area contributed by atoms with Crippen LogP contribution >= 0.6 is 36.8 Å². The van der Waals surface area contributed by atoms with Crippen molar-refractivity contribution in [2.75, 3.05) is 11.5 Å². The molecule has 1 heterocycles. The van der Waals surface area contributed by atoms with Crippen LogP contribution in [-0.2, 0) is 6.61 Å². The van der Waals surface area contributed by atoms with Crippen molar-refractivity contribution in [3.05, 3.63) is 23.5 Å². The van der Waals surface area contributed by atoms with Crippen LogP contribution < -0.4 is 0 Å². The maximum atomic E-state index is 9.03. The Morgan fingerprint density at radius 2 is 2.27 bits per heavy atom. The third-order valence-electron chi connectivity index (χ3n) is 1.97. The van der Waals surface area contributed by atoms with E-state index < -0.39 is 0 Å². The smallest absolute Gasteiger partial charge is 0.0856 e. The molecule has 0 unspecified atom stereocenters. The number of nitrogens with zero attached hydrogens (tertiary/aromatic N) is 1. The van der Waals surface area contributed by atoms with Crippen LogP contribution in [0.5, 0.6) is 0 Å². The predicted octanol–water partition coefficient (Wildman–Crippen LogP) is 2.72.